The fourth-order valence-electron chi connectivity index (χ4n) is 2.56. The molecule has 24 heavy (non-hydrogen) atoms. The van der Waals surface area contributed by atoms with Gasteiger partial charge in [0.25, 0.3) is 0 Å². The molecule has 2 heterocycles. The zero-order valence-corrected chi connectivity index (χ0v) is 15.3. The lowest BCUT2D eigenvalue weighted by Crippen LogP contribution is -2.48. The van der Waals surface area contributed by atoms with E-state index in [2.05, 4.69) is 15.6 Å². The molecule has 1 aliphatic rings. The molecule has 2 N–H and O–H groups in total. The first-order valence-electron chi connectivity index (χ1n) is 7.76. The zero-order chi connectivity index (χ0) is 16.4. The molecule has 0 bridgehead atoms. The van der Waals surface area contributed by atoms with Crippen LogP contribution in [0.5, 0.6) is 0 Å². The molecule has 130 valence electrons. The Balaban J connectivity index is 0.00000208. The first kappa shape index (κ1) is 18.8. The number of hydrogen-bond donors (Lipinski definition) is 2. The Morgan fingerprint density at radius 3 is 2.79 bits per heavy atom. The third kappa shape index (κ3) is 4.12. The summed E-state index contributed by atoms with van der Waals surface area (Å²) in [5.41, 5.74) is 1.48. The normalized spacial score (nSPS) is 15.3. The third-order valence-electron chi connectivity index (χ3n) is 4.37. The van der Waals surface area contributed by atoms with Crippen LogP contribution in [0.25, 0.3) is 0 Å². The van der Waals surface area contributed by atoms with Crippen molar-refractivity contribution in [2.75, 3.05) is 18.4 Å². The quantitative estimate of drug-likeness (QED) is 0.849. The zero-order valence-electron chi connectivity index (χ0n) is 13.6. The first-order valence-corrected chi connectivity index (χ1v) is 8.57. The van der Waals surface area contributed by atoms with Gasteiger partial charge in [0, 0.05) is 17.2 Å². The first-order chi connectivity index (χ1) is 11.0. The standard InChI is InChI=1S/C17H20FN3OS.ClH/c1-10(13-8-19-9-13)16(22)21-17-20-11(2)15(23-17)7-12-5-3-4-6-14(12)18;/h3-6,10,13,19H,7-9H2,1-2H3,(H,20,21,22);1H. The monoisotopic (exact) mass is 369 g/mol. The Kier molecular flexibility index (Phi) is 6.32. The van der Waals surface area contributed by atoms with Crippen LogP contribution >= 0.6 is 23.7 Å². The van der Waals surface area contributed by atoms with Crippen LogP contribution in [0.4, 0.5) is 9.52 Å². The number of nitrogens with one attached hydrogen (secondary N) is 2. The van der Waals surface area contributed by atoms with Gasteiger partial charge in [0.05, 0.1) is 5.69 Å². The largest absolute Gasteiger partial charge is 0.316 e. The van der Waals surface area contributed by atoms with E-state index in [1.54, 1.807) is 12.1 Å². The molecule has 1 unspecified atom stereocenters. The van der Waals surface area contributed by atoms with E-state index in [4.69, 9.17) is 0 Å². The van der Waals surface area contributed by atoms with E-state index in [1.165, 1.54) is 17.4 Å². The highest BCUT2D eigenvalue weighted by molar-refractivity contribution is 7.15. The van der Waals surface area contributed by atoms with Crippen molar-refractivity contribution in [2.45, 2.75) is 20.3 Å². The molecule has 1 atom stereocenters. The number of amides is 1. The van der Waals surface area contributed by atoms with Crippen molar-refractivity contribution in [1.29, 1.82) is 0 Å². The van der Waals surface area contributed by atoms with Gasteiger partial charge in [-0.25, -0.2) is 9.37 Å². The Hall–Kier alpha value is -1.50. The fourth-order valence-corrected chi connectivity index (χ4v) is 3.55. The molecule has 1 aromatic heterocycles. The molecule has 1 saturated heterocycles. The summed E-state index contributed by atoms with van der Waals surface area (Å²) >= 11 is 1.42. The van der Waals surface area contributed by atoms with Crippen molar-refractivity contribution in [2.24, 2.45) is 11.8 Å². The van der Waals surface area contributed by atoms with Crippen molar-refractivity contribution in [3.63, 3.8) is 0 Å². The van der Waals surface area contributed by atoms with Gasteiger partial charge >= 0.3 is 0 Å². The molecule has 1 aliphatic heterocycles. The molecule has 1 aromatic carbocycles. The van der Waals surface area contributed by atoms with Gasteiger partial charge in [0.1, 0.15) is 5.82 Å². The van der Waals surface area contributed by atoms with Crippen LogP contribution in [-0.2, 0) is 11.2 Å². The summed E-state index contributed by atoms with van der Waals surface area (Å²) in [6.45, 7) is 5.62. The summed E-state index contributed by atoms with van der Waals surface area (Å²) in [5, 5.41) is 6.67. The number of aryl methyl sites for hydroxylation is 1. The molecule has 0 aliphatic carbocycles. The van der Waals surface area contributed by atoms with Gasteiger partial charge < -0.3 is 10.6 Å². The summed E-state index contributed by atoms with van der Waals surface area (Å²) in [4.78, 5) is 17.6. The van der Waals surface area contributed by atoms with Gasteiger partial charge in [-0.15, -0.1) is 23.7 Å². The summed E-state index contributed by atoms with van der Waals surface area (Å²) < 4.78 is 13.8. The maximum Gasteiger partial charge on any atom is 0.229 e. The van der Waals surface area contributed by atoms with Crippen LogP contribution in [0.15, 0.2) is 24.3 Å². The van der Waals surface area contributed by atoms with Gasteiger partial charge in [-0.1, -0.05) is 25.1 Å². The lowest BCUT2D eigenvalue weighted by Gasteiger charge is -2.31. The van der Waals surface area contributed by atoms with Crippen molar-refractivity contribution in [3.05, 3.63) is 46.2 Å². The minimum Gasteiger partial charge on any atom is -0.316 e. The molecular formula is C17H21ClFN3OS. The van der Waals surface area contributed by atoms with Gasteiger partial charge in [-0.3, -0.25) is 4.79 Å². The van der Waals surface area contributed by atoms with E-state index in [0.717, 1.165) is 23.7 Å². The average Bonchev–Trinajstić information content (AvgIpc) is 2.79. The van der Waals surface area contributed by atoms with Gasteiger partial charge in [-0.05, 0) is 37.6 Å². The highest BCUT2D eigenvalue weighted by Gasteiger charge is 2.29. The summed E-state index contributed by atoms with van der Waals surface area (Å²) in [6.07, 6.45) is 0.494. The number of nitrogens with zero attached hydrogens (tertiary/aromatic N) is 1. The number of anilines is 1. The van der Waals surface area contributed by atoms with E-state index in [1.807, 2.05) is 19.9 Å². The molecule has 3 rings (SSSR count). The smallest absolute Gasteiger partial charge is 0.229 e. The van der Waals surface area contributed by atoms with Crippen molar-refractivity contribution in [1.82, 2.24) is 10.3 Å². The Bertz CT molecular complexity index is 718. The minimum absolute atomic E-state index is 0. The van der Waals surface area contributed by atoms with Gasteiger partial charge in [-0.2, -0.15) is 0 Å². The van der Waals surface area contributed by atoms with Crippen LogP contribution in [-0.4, -0.2) is 24.0 Å². The number of benzene rings is 1. The fraction of sp³-hybridized carbons (Fsp3) is 0.412. The van der Waals surface area contributed by atoms with Crippen molar-refractivity contribution in [3.8, 4) is 0 Å². The Labute approximate surface area is 151 Å². The molecule has 1 amide bonds. The Morgan fingerprint density at radius 2 is 2.17 bits per heavy atom. The van der Waals surface area contributed by atoms with Crippen LogP contribution < -0.4 is 10.6 Å². The molecule has 2 aromatic rings. The van der Waals surface area contributed by atoms with Crippen molar-refractivity contribution < 1.29 is 9.18 Å². The average molecular weight is 370 g/mol. The number of hydrogen-bond acceptors (Lipinski definition) is 4. The van der Waals surface area contributed by atoms with Crippen LogP contribution in [0.1, 0.15) is 23.1 Å². The second-order valence-corrected chi connectivity index (χ2v) is 7.08. The van der Waals surface area contributed by atoms with E-state index in [9.17, 15) is 9.18 Å². The van der Waals surface area contributed by atoms with Gasteiger partial charge in [0.2, 0.25) is 5.91 Å². The van der Waals surface area contributed by atoms with Crippen LogP contribution in [0, 0.1) is 24.6 Å². The number of rotatable bonds is 5. The number of carbonyl (C=O) groups excluding carboxylic acids is 1. The maximum atomic E-state index is 13.8. The predicted octanol–water partition coefficient (Wildman–Crippen LogP) is 3.40. The van der Waals surface area contributed by atoms with Crippen LogP contribution in [0.2, 0.25) is 0 Å². The van der Waals surface area contributed by atoms with E-state index >= 15 is 0 Å². The highest BCUT2D eigenvalue weighted by Crippen LogP contribution is 2.27. The number of carbonyl (C=O) groups is 1. The third-order valence-corrected chi connectivity index (χ3v) is 5.44. The summed E-state index contributed by atoms with van der Waals surface area (Å²) in [6, 6.07) is 6.74. The SMILES string of the molecule is Cc1nc(NC(=O)C(C)C2CNC2)sc1Cc1ccccc1F.Cl. The second kappa shape index (κ2) is 8.05. The van der Waals surface area contributed by atoms with E-state index in [-0.39, 0.29) is 30.0 Å². The number of halogens is 2. The lowest BCUT2D eigenvalue weighted by molar-refractivity contribution is -0.121. The molecule has 0 spiro atoms. The minimum atomic E-state index is -0.211. The highest BCUT2D eigenvalue weighted by atomic mass is 35.5. The lowest BCUT2D eigenvalue weighted by atomic mass is 9.88. The van der Waals surface area contributed by atoms with E-state index in [0.29, 0.717) is 23.0 Å². The summed E-state index contributed by atoms with van der Waals surface area (Å²) in [7, 11) is 0. The molecular weight excluding hydrogens is 349 g/mol. The second-order valence-electron chi connectivity index (χ2n) is 5.99. The van der Waals surface area contributed by atoms with Crippen molar-refractivity contribution >= 4 is 34.8 Å². The van der Waals surface area contributed by atoms with E-state index < -0.39 is 0 Å². The molecule has 0 saturated carbocycles. The Morgan fingerprint density at radius 1 is 1.46 bits per heavy atom. The van der Waals surface area contributed by atoms with Crippen LogP contribution in [0.3, 0.4) is 0 Å². The molecule has 7 heteroatoms. The number of aromatic nitrogens is 1. The van der Waals surface area contributed by atoms with Gasteiger partial charge in [0.15, 0.2) is 5.13 Å². The topological polar surface area (TPSA) is 54.0 Å². The predicted molar refractivity (Wildman–Crippen MR) is 97.5 cm³/mol. The maximum absolute atomic E-state index is 13.8. The molecule has 1 fully saturated rings. The number of thiazole rings is 1. The summed E-state index contributed by atoms with van der Waals surface area (Å²) in [5.74, 6) is 0.157. The molecule has 4 nitrogen and oxygen atoms in total. The molecule has 0 radical (unpaired) electrons.